The van der Waals surface area contributed by atoms with Gasteiger partial charge in [-0.2, -0.15) is 0 Å². The number of anilines is 1. The highest BCUT2D eigenvalue weighted by Crippen LogP contribution is 2.28. The maximum Gasteiger partial charge on any atom is 0.257 e. The quantitative estimate of drug-likeness (QED) is 0.660. The van der Waals surface area contributed by atoms with Crippen molar-refractivity contribution in [3.63, 3.8) is 0 Å². The molecule has 0 radical (unpaired) electrons. The summed E-state index contributed by atoms with van der Waals surface area (Å²) in [6.45, 7) is 9.75. The second kappa shape index (κ2) is 9.22. The fraction of sp³-hybridized carbons (Fsp3) is 0.591. The molecule has 2 heterocycles. The lowest BCUT2D eigenvalue weighted by Crippen LogP contribution is -2.50. The minimum atomic E-state index is -0.835. The van der Waals surface area contributed by atoms with Gasteiger partial charge in [-0.3, -0.25) is 19.3 Å². The predicted octanol–water partition coefficient (Wildman–Crippen LogP) is 2.05. The third-order valence-corrected chi connectivity index (χ3v) is 5.35. The highest BCUT2D eigenvalue weighted by atomic mass is 19.1. The summed E-state index contributed by atoms with van der Waals surface area (Å²) in [5.41, 5.74) is 0.0849. The van der Waals surface area contributed by atoms with Gasteiger partial charge in [-0.25, -0.2) is 9.29 Å². The fourth-order valence-electron chi connectivity index (χ4n) is 3.80. The van der Waals surface area contributed by atoms with Crippen molar-refractivity contribution in [2.45, 2.75) is 39.7 Å². The van der Waals surface area contributed by atoms with E-state index < -0.39 is 17.8 Å². The summed E-state index contributed by atoms with van der Waals surface area (Å²) in [6, 6.07) is 4.40. The number of halogens is 1. The Balaban J connectivity index is 1.78. The number of nitrogens with zero attached hydrogens (tertiary/aromatic N) is 3. The minimum absolute atomic E-state index is 0.0603. The molecule has 1 atom stereocenters. The first-order valence-corrected chi connectivity index (χ1v) is 10.4. The summed E-state index contributed by atoms with van der Waals surface area (Å²) in [6.07, 6.45) is 0.222. The number of benzene rings is 1. The Kier molecular flexibility index (Phi) is 6.88. The van der Waals surface area contributed by atoms with E-state index in [-0.39, 0.29) is 30.1 Å². The van der Waals surface area contributed by atoms with Gasteiger partial charge < -0.3 is 9.64 Å². The summed E-state index contributed by atoms with van der Waals surface area (Å²) in [5, 5.41) is 0. The Bertz CT molecular complexity index is 785. The molecule has 2 aliphatic heterocycles. The van der Waals surface area contributed by atoms with E-state index in [9.17, 15) is 18.8 Å². The lowest BCUT2D eigenvalue weighted by molar-refractivity contribution is -0.140. The third-order valence-electron chi connectivity index (χ3n) is 5.35. The van der Waals surface area contributed by atoms with E-state index in [2.05, 4.69) is 4.90 Å². The van der Waals surface area contributed by atoms with Crippen LogP contribution in [0.25, 0.3) is 0 Å². The number of morpholine rings is 1. The van der Waals surface area contributed by atoms with Crippen LogP contribution in [0.5, 0.6) is 0 Å². The zero-order chi connectivity index (χ0) is 21.9. The predicted molar refractivity (Wildman–Crippen MR) is 110 cm³/mol. The van der Waals surface area contributed by atoms with Gasteiger partial charge >= 0.3 is 0 Å². The SMILES string of the molecule is CC(C)(C)CC(=O)N(CCN1CCOCC1)C1CC(=O)N(c2ccc(F)cc2)C1=O. The van der Waals surface area contributed by atoms with Crippen molar-refractivity contribution in [1.29, 1.82) is 0 Å². The van der Waals surface area contributed by atoms with E-state index in [1.54, 1.807) is 4.90 Å². The van der Waals surface area contributed by atoms with Crippen LogP contribution >= 0.6 is 0 Å². The molecule has 7 nitrogen and oxygen atoms in total. The maximum atomic E-state index is 13.3. The molecule has 3 rings (SSSR count). The van der Waals surface area contributed by atoms with Crippen LogP contribution in [0, 0.1) is 11.2 Å². The summed E-state index contributed by atoms with van der Waals surface area (Å²) in [5.74, 6) is -1.39. The molecule has 0 bridgehead atoms. The molecular formula is C22H30FN3O4. The Morgan fingerprint density at radius 3 is 2.40 bits per heavy atom. The van der Waals surface area contributed by atoms with Gasteiger partial charge in [-0.15, -0.1) is 0 Å². The molecule has 0 spiro atoms. The number of hydrogen-bond acceptors (Lipinski definition) is 5. The van der Waals surface area contributed by atoms with Gasteiger partial charge in [0.15, 0.2) is 0 Å². The molecule has 3 amide bonds. The van der Waals surface area contributed by atoms with E-state index >= 15 is 0 Å². The van der Waals surface area contributed by atoms with Crippen LogP contribution in [0.3, 0.4) is 0 Å². The first-order valence-electron chi connectivity index (χ1n) is 10.4. The second-order valence-electron chi connectivity index (χ2n) is 9.04. The van der Waals surface area contributed by atoms with Gasteiger partial charge in [0.1, 0.15) is 11.9 Å². The molecule has 164 valence electrons. The Hall–Kier alpha value is -2.32. The van der Waals surface area contributed by atoms with Crippen LogP contribution in [0.15, 0.2) is 24.3 Å². The van der Waals surface area contributed by atoms with Crippen molar-refractivity contribution in [1.82, 2.24) is 9.80 Å². The molecular weight excluding hydrogens is 389 g/mol. The monoisotopic (exact) mass is 419 g/mol. The average molecular weight is 419 g/mol. The summed E-state index contributed by atoms with van der Waals surface area (Å²) in [4.78, 5) is 43.7. The fourth-order valence-corrected chi connectivity index (χ4v) is 3.80. The highest BCUT2D eigenvalue weighted by Gasteiger charge is 2.44. The van der Waals surface area contributed by atoms with E-state index in [1.165, 1.54) is 24.3 Å². The minimum Gasteiger partial charge on any atom is -0.379 e. The van der Waals surface area contributed by atoms with Crippen molar-refractivity contribution in [2.24, 2.45) is 5.41 Å². The zero-order valence-electron chi connectivity index (χ0n) is 17.9. The van der Waals surface area contributed by atoms with Crippen molar-refractivity contribution >= 4 is 23.4 Å². The van der Waals surface area contributed by atoms with Crippen molar-refractivity contribution in [3.8, 4) is 0 Å². The van der Waals surface area contributed by atoms with Crippen LogP contribution in [0.4, 0.5) is 10.1 Å². The molecule has 2 saturated heterocycles. The van der Waals surface area contributed by atoms with Crippen molar-refractivity contribution in [2.75, 3.05) is 44.3 Å². The number of carbonyl (C=O) groups excluding carboxylic acids is 3. The molecule has 0 N–H and O–H groups in total. The number of amides is 3. The molecule has 1 unspecified atom stereocenters. The lowest BCUT2D eigenvalue weighted by atomic mass is 9.91. The van der Waals surface area contributed by atoms with E-state index in [0.29, 0.717) is 32.0 Å². The number of imide groups is 1. The average Bonchev–Trinajstić information content (AvgIpc) is 2.96. The van der Waals surface area contributed by atoms with Crippen LogP contribution in [0.1, 0.15) is 33.6 Å². The highest BCUT2D eigenvalue weighted by molar-refractivity contribution is 6.23. The number of ether oxygens (including phenoxy) is 1. The largest absolute Gasteiger partial charge is 0.379 e. The second-order valence-corrected chi connectivity index (χ2v) is 9.04. The summed E-state index contributed by atoms with van der Waals surface area (Å²) in [7, 11) is 0. The van der Waals surface area contributed by atoms with Crippen molar-refractivity contribution < 1.29 is 23.5 Å². The molecule has 2 aliphatic rings. The Labute approximate surface area is 176 Å². The van der Waals surface area contributed by atoms with E-state index in [4.69, 9.17) is 4.74 Å². The van der Waals surface area contributed by atoms with Gasteiger partial charge in [0.05, 0.1) is 25.3 Å². The topological polar surface area (TPSA) is 70.2 Å². The van der Waals surface area contributed by atoms with Gasteiger partial charge in [0, 0.05) is 32.6 Å². The van der Waals surface area contributed by atoms with Crippen LogP contribution in [-0.2, 0) is 19.1 Å². The molecule has 0 aliphatic carbocycles. The van der Waals surface area contributed by atoms with E-state index in [0.717, 1.165) is 18.0 Å². The normalized spacial score (nSPS) is 20.7. The molecule has 2 fully saturated rings. The first-order chi connectivity index (χ1) is 14.2. The van der Waals surface area contributed by atoms with Gasteiger partial charge in [0.25, 0.3) is 5.91 Å². The standard InChI is InChI=1S/C22H30FN3O4/c1-22(2,3)15-20(28)25(9-8-24-10-12-30-13-11-24)18-14-19(27)26(21(18)29)17-6-4-16(23)5-7-17/h4-7,18H,8-15H2,1-3H3. The van der Waals surface area contributed by atoms with Gasteiger partial charge in [-0.05, 0) is 29.7 Å². The molecule has 0 saturated carbocycles. The molecule has 30 heavy (non-hydrogen) atoms. The third kappa shape index (κ3) is 5.43. The molecule has 1 aromatic carbocycles. The summed E-state index contributed by atoms with van der Waals surface area (Å²) < 4.78 is 18.6. The van der Waals surface area contributed by atoms with Crippen LogP contribution in [-0.4, -0.2) is 73.0 Å². The van der Waals surface area contributed by atoms with Crippen molar-refractivity contribution in [3.05, 3.63) is 30.1 Å². The van der Waals surface area contributed by atoms with Gasteiger partial charge in [-0.1, -0.05) is 20.8 Å². The number of hydrogen-bond donors (Lipinski definition) is 0. The Morgan fingerprint density at radius 2 is 1.80 bits per heavy atom. The lowest BCUT2D eigenvalue weighted by Gasteiger charge is -2.33. The maximum absolute atomic E-state index is 13.3. The van der Waals surface area contributed by atoms with E-state index in [1.807, 2.05) is 20.8 Å². The number of carbonyl (C=O) groups is 3. The first kappa shape index (κ1) is 22.4. The Morgan fingerprint density at radius 1 is 1.17 bits per heavy atom. The molecule has 0 aromatic heterocycles. The van der Waals surface area contributed by atoms with Crippen LogP contribution in [0.2, 0.25) is 0 Å². The van der Waals surface area contributed by atoms with Gasteiger partial charge in [0.2, 0.25) is 11.8 Å². The zero-order valence-corrected chi connectivity index (χ0v) is 17.9. The summed E-state index contributed by atoms with van der Waals surface area (Å²) >= 11 is 0. The molecule has 8 heteroatoms. The smallest absolute Gasteiger partial charge is 0.257 e. The number of rotatable bonds is 6. The molecule has 1 aromatic rings. The van der Waals surface area contributed by atoms with Crippen LogP contribution < -0.4 is 4.90 Å².